The highest BCUT2D eigenvalue weighted by atomic mass is 79.9. The van der Waals surface area contributed by atoms with E-state index >= 15 is 0 Å². The molecule has 1 aliphatic heterocycles. The van der Waals surface area contributed by atoms with Gasteiger partial charge in [-0.05, 0) is 30.3 Å². The molecule has 6 heteroatoms. The molecule has 1 aliphatic carbocycles. The Balaban J connectivity index is 2.25. The maximum absolute atomic E-state index is 9.90. The number of benzene rings is 1. The van der Waals surface area contributed by atoms with Crippen LogP contribution in [0.4, 0.5) is 0 Å². The molecule has 1 N–H and O–H groups in total. The summed E-state index contributed by atoms with van der Waals surface area (Å²) in [6, 6.07) is 13.9. The Labute approximate surface area is 155 Å². The van der Waals surface area contributed by atoms with Crippen molar-refractivity contribution in [1.29, 1.82) is 21.2 Å². The molecule has 1 aromatic rings. The molecule has 1 unspecified atom stereocenters. The zero-order valence-corrected chi connectivity index (χ0v) is 15.3. The highest BCUT2D eigenvalue weighted by molar-refractivity contribution is 9.10. The first kappa shape index (κ1) is 17.4. The maximum atomic E-state index is 9.90. The normalized spacial score (nSPS) is 28.0. The van der Waals surface area contributed by atoms with E-state index in [0.717, 1.165) is 15.6 Å². The van der Waals surface area contributed by atoms with Gasteiger partial charge in [-0.1, -0.05) is 34.1 Å². The lowest BCUT2D eigenvalue weighted by Crippen LogP contribution is -2.52. The molecule has 5 nitrogen and oxygen atoms in total. The molecule has 1 aromatic carbocycles. The highest BCUT2D eigenvalue weighted by Gasteiger charge is 2.57. The monoisotopic (exact) mass is 393 g/mol. The second kappa shape index (κ2) is 6.45. The second-order valence-corrected chi connectivity index (χ2v) is 7.48. The van der Waals surface area contributed by atoms with Crippen molar-refractivity contribution < 1.29 is 0 Å². The Morgan fingerprint density at radius 3 is 2.40 bits per heavy atom. The quantitative estimate of drug-likeness (QED) is 0.740. The van der Waals surface area contributed by atoms with Gasteiger partial charge < -0.3 is 10.3 Å². The van der Waals surface area contributed by atoms with Gasteiger partial charge >= 0.3 is 0 Å². The van der Waals surface area contributed by atoms with E-state index in [1.807, 2.05) is 37.4 Å². The molecule has 0 amide bonds. The molecular weight excluding hydrogens is 378 g/mol. The molecule has 0 saturated heterocycles. The van der Waals surface area contributed by atoms with Crippen LogP contribution in [0.25, 0.3) is 0 Å². The standard InChI is InChI=1S/C19H16BrN5/c1-25-7-6-14-15(8-21)18(24)19(10-22,11-23)17(16(14)9-25)12-2-4-13(20)5-3-12/h2-6,15-17,24H,7,9H2,1H3/t15?,16-,17+/m0/s1. The zero-order valence-electron chi connectivity index (χ0n) is 13.7. The van der Waals surface area contributed by atoms with Crippen molar-refractivity contribution in [3.05, 3.63) is 46.0 Å². The number of nitrogens with one attached hydrogen (secondary N) is 1. The van der Waals surface area contributed by atoms with Crippen LogP contribution in [0.3, 0.4) is 0 Å². The summed E-state index contributed by atoms with van der Waals surface area (Å²) < 4.78 is 0.910. The van der Waals surface area contributed by atoms with E-state index in [2.05, 4.69) is 39.0 Å². The van der Waals surface area contributed by atoms with Crippen LogP contribution in [0.2, 0.25) is 0 Å². The molecule has 0 radical (unpaired) electrons. The number of nitriles is 3. The Kier molecular flexibility index (Phi) is 4.48. The molecule has 3 atom stereocenters. The summed E-state index contributed by atoms with van der Waals surface area (Å²) in [5.74, 6) is -1.41. The van der Waals surface area contributed by atoms with Gasteiger partial charge in [0.2, 0.25) is 0 Å². The van der Waals surface area contributed by atoms with Crippen molar-refractivity contribution in [2.24, 2.45) is 17.3 Å². The molecule has 1 fully saturated rings. The molecule has 1 saturated carbocycles. The van der Waals surface area contributed by atoms with Gasteiger partial charge in [0.15, 0.2) is 5.41 Å². The van der Waals surface area contributed by atoms with Crippen molar-refractivity contribution in [2.75, 3.05) is 20.1 Å². The lowest BCUT2D eigenvalue weighted by Gasteiger charge is -2.47. The van der Waals surface area contributed by atoms with E-state index in [1.165, 1.54) is 0 Å². The molecule has 25 heavy (non-hydrogen) atoms. The average Bonchev–Trinajstić information content (AvgIpc) is 2.62. The molecule has 0 spiro atoms. The average molecular weight is 394 g/mol. The van der Waals surface area contributed by atoms with Crippen molar-refractivity contribution >= 4 is 21.6 Å². The SMILES string of the molecule is CN1CC=C2C(C#N)C(=N)C(C#N)(C#N)[C@H](c3ccc(Br)cc3)[C@H]2C1. The number of likely N-dealkylation sites (N-methyl/N-ethyl adjacent to an activating group) is 1. The summed E-state index contributed by atoms with van der Waals surface area (Å²) >= 11 is 3.41. The summed E-state index contributed by atoms with van der Waals surface area (Å²) in [4.78, 5) is 2.11. The van der Waals surface area contributed by atoms with Crippen LogP contribution in [0.5, 0.6) is 0 Å². The minimum absolute atomic E-state index is 0.0972. The van der Waals surface area contributed by atoms with Gasteiger partial charge in [-0.25, -0.2) is 0 Å². The highest BCUT2D eigenvalue weighted by Crippen LogP contribution is 2.53. The topological polar surface area (TPSA) is 98.5 Å². The van der Waals surface area contributed by atoms with Gasteiger partial charge in [0.25, 0.3) is 0 Å². The van der Waals surface area contributed by atoms with E-state index in [-0.39, 0.29) is 11.6 Å². The van der Waals surface area contributed by atoms with Gasteiger partial charge in [0, 0.05) is 29.4 Å². The summed E-state index contributed by atoms with van der Waals surface area (Å²) in [5.41, 5.74) is -0.00716. The van der Waals surface area contributed by atoms with Crippen molar-refractivity contribution in [3.63, 3.8) is 0 Å². The van der Waals surface area contributed by atoms with Crippen LogP contribution in [0.15, 0.2) is 40.4 Å². The van der Waals surface area contributed by atoms with Gasteiger partial charge in [-0.3, -0.25) is 0 Å². The number of hydrogen-bond donors (Lipinski definition) is 1. The van der Waals surface area contributed by atoms with Crippen LogP contribution in [-0.4, -0.2) is 30.7 Å². The largest absolute Gasteiger partial charge is 0.305 e. The van der Waals surface area contributed by atoms with Gasteiger partial charge in [0.05, 0.1) is 23.9 Å². The summed E-state index contributed by atoms with van der Waals surface area (Å²) in [6.07, 6.45) is 1.99. The molecule has 1 heterocycles. The first-order valence-corrected chi connectivity index (χ1v) is 8.72. The number of fused-ring (bicyclic) bond motifs is 1. The number of halogens is 1. The van der Waals surface area contributed by atoms with E-state index in [1.54, 1.807) is 0 Å². The molecule has 2 aliphatic rings. The molecule has 0 bridgehead atoms. The first-order chi connectivity index (χ1) is 12.0. The number of rotatable bonds is 1. The predicted octanol–water partition coefficient (Wildman–Crippen LogP) is 3.23. The Bertz CT molecular complexity index is 851. The summed E-state index contributed by atoms with van der Waals surface area (Å²) in [7, 11) is 1.98. The Hall–Kier alpha value is -2.46. The molecular formula is C19H16BrN5. The summed E-state index contributed by atoms with van der Waals surface area (Å²) in [5, 5.41) is 37.9. The molecule has 124 valence electrons. The van der Waals surface area contributed by atoms with Gasteiger partial charge in [-0.2, -0.15) is 15.8 Å². The fraction of sp³-hybridized carbons (Fsp3) is 0.368. The fourth-order valence-electron chi connectivity index (χ4n) is 4.00. The number of nitrogens with zero attached hydrogens (tertiary/aromatic N) is 4. The van der Waals surface area contributed by atoms with E-state index in [9.17, 15) is 15.8 Å². The van der Waals surface area contributed by atoms with Gasteiger partial charge in [0.1, 0.15) is 5.92 Å². The third-order valence-electron chi connectivity index (χ3n) is 5.20. The van der Waals surface area contributed by atoms with Crippen molar-refractivity contribution in [2.45, 2.75) is 5.92 Å². The van der Waals surface area contributed by atoms with Crippen molar-refractivity contribution in [3.8, 4) is 18.2 Å². The maximum Gasteiger partial charge on any atom is 0.189 e. The summed E-state index contributed by atoms with van der Waals surface area (Å²) in [6.45, 7) is 1.36. The van der Waals surface area contributed by atoms with Crippen LogP contribution >= 0.6 is 15.9 Å². The third kappa shape index (κ3) is 2.57. The predicted molar refractivity (Wildman–Crippen MR) is 96.4 cm³/mol. The van der Waals surface area contributed by atoms with Crippen LogP contribution in [-0.2, 0) is 0 Å². The van der Waals surface area contributed by atoms with Crippen LogP contribution in [0, 0.1) is 56.7 Å². The van der Waals surface area contributed by atoms with E-state index in [0.29, 0.717) is 13.1 Å². The van der Waals surface area contributed by atoms with Crippen molar-refractivity contribution in [1.82, 2.24) is 4.90 Å². The number of hydrogen-bond acceptors (Lipinski definition) is 5. The first-order valence-electron chi connectivity index (χ1n) is 7.93. The second-order valence-electron chi connectivity index (χ2n) is 6.57. The smallest absolute Gasteiger partial charge is 0.189 e. The van der Waals surface area contributed by atoms with Crippen LogP contribution < -0.4 is 0 Å². The lowest BCUT2D eigenvalue weighted by molar-refractivity contribution is 0.235. The Morgan fingerprint density at radius 1 is 1.20 bits per heavy atom. The van der Waals surface area contributed by atoms with Gasteiger partial charge in [-0.15, -0.1) is 0 Å². The third-order valence-corrected chi connectivity index (χ3v) is 5.73. The lowest BCUT2D eigenvalue weighted by atomic mass is 9.54. The minimum atomic E-state index is -1.63. The van der Waals surface area contributed by atoms with E-state index < -0.39 is 17.3 Å². The minimum Gasteiger partial charge on any atom is -0.305 e. The zero-order chi connectivity index (χ0) is 18.2. The van der Waals surface area contributed by atoms with E-state index in [4.69, 9.17) is 5.41 Å². The van der Waals surface area contributed by atoms with Crippen LogP contribution in [0.1, 0.15) is 11.5 Å². The fourth-order valence-corrected chi connectivity index (χ4v) is 4.26. The Morgan fingerprint density at radius 2 is 1.84 bits per heavy atom. The molecule has 3 rings (SSSR count). The molecule has 0 aromatic heterocycles.